The first-order valence-electron chi connectivity index (χ1n) is 5.13. The van der Waals surface area contributed by atoms with Crippen LogP contribution in [-0.2, 0) is 0 Å². The van der Waals surface area contributed by atoms with E-state index in [0.717, 1.165) is 9.79 Å². The summed E-state index contributed by atoms with van der Waals surface area (Å²) in [7, 11) is 0. The Balaban J connectivity index is 2.33. The minimum Gasteiger partial charge on any atom is -0.478 e. The molecule has 0 aliphatic carbocycles. The van der Waals surface area contributed by atoms with Crippen LogP contribution in [0.2, 0.25) is 15.1 Å². The van der Waals surface area contributed by atoms with E-state index in [1.54, 1.807) is 24.3 Å². The second-order valence-corrected chi connectivity index (χ2v) is 5.96. The predicted octanol–water partition coefficient (Wildman–Crippen LogP) is 5.50. The quantitative estimate of drug-likeness (QED) is 0.806. The molecule has 0 aromatic heterocycles. The Kier molecular flexibility index (Phi) is 4.63. The van der Waals surface area contributed by atoms with Gasteiger partial charge in [-0.2, -0.15) is 0 Å². The zero-order valence-electron chi connectivity index (χ0n) is 9.36. The standard InChI is InChI=1S/C13H7Cl3O2S/c14-8-2-3-9(15)12(6-8)19-11-4-1-7(13(17)18)5-10(11)16/h1-6H,(H,17,18). The summed E-state index contributed by atoms with van der Waals surface area (Å²) in [5, 5.41) is 10.4. The number of carboxylic acids is 1. The average molecular weight is 334 g/mol. The normalized spacial score (nSPS) is 10.5. The lowest BCUT2D eigenvalue weighted by Crippen LogP contribution is -1.95. The maximum absolute atomic E-state index is 10.8. The molecule has 6 heteroatoms. The first-order chi connectivity index (χ1) is 8.97. The van der Waals surface area contributed by atoms with Crippen molar-refractivity contribution in [2.24, 2.45) is 0 Å². The van der Waals surface area contributed by atoms with E-state index in [2.05, 4.69) is 0 Å². The van der Waals surface area contributed by atoms with Gasteiger partial charge in [0.1, 0.15) is 0 Å². The molecule has 0 aliphatic heterocycles. The number of benzene rings is 2. The number of halogens is 3. The van der Waals surface area contributed by atoms with E-state index in [1.165, 1.54) is 23.9 Å². The molecule has 0 heterocycles. The summed E-state index contributed by atoms with van der Waals surface area (Å²) in [6.07, 6.45) is 0. The highest BCUT2D eigenvalue weighted by Gasteiger charge is 2.10. The van der Waals surface area contributed by atoms with Crippen molar-refractivity contribution in [3.05, 3.63) is 57.0 Å². The molecule has 2 nitrogen and oxygen atoms in total. The molecule has 0 saturated heterocycles. The molecule has 2 aromatic carbocycles. The van der Waals surface area contributed by atoms with Crippen LogP contribution >= 0.6 is 46.6 Å². The van der Waals surface area contributed by atoms with Crippen molar-refractivity contribution < 1.29 is 9.90 Å². The van der Waals surface area contributed by atoms with Crippen LogP contribution in [0.5, 0.6) is 0 Å². The van der Waals surface area contributed by atoms with Crippen molar-refractivity contribution in [1.29, 1.82) is 0 Å². The van der Waals surface area contributed by atoms with Gasteiger partial charge in [0, 0.05) is 14.8 Å². The number of hydrogen-bond acceptors (Lipinski definition) is 2. The van der Waals surface area contributed by atoms with Crippen LogP contribution in [0.3, 0.4) is 0 Å². The SMILES string of the molecule is O=C(O)c1ccc(Sc2cc(Cl)ccc2Cl)c(Cl)c1. The van der Waals surface area contributed by atoms with Crippen molar-refractivity contribution >= 4 is 52.5 Å². The molecular weight excluding hydrogens is 327 g/mol. The van der Waals surface area contributed by atoms with Crippen molar-refractivity contribution in [1.82, 2.24) is 0 Å². The number of carbonyl (C=O) groups is 1. The van der Waals surface area contributed by atoms with Crippen molar-refractivity contribution in [3.8, 4) is 0 Å². The molecule has 0 atom stereocenters. The molecular formula is C13H7Cl3O2S. The lowest BCUT2D eigenvalue weighted by Gasteiger charge is -2.07. The molecule has 0 saturated carbocycles. The zero-order chi connectivity index (χ0) is 14.0. The van der Waals surface area contributed by atoms with Crippen molar-refractivity contribution in [3.63, 3.8) is 0 Å². The minimum absolute atomic E-state index is 0.145. The second-order valence-electron chi connectivity index (χ2n) is 3.63. The fourth-order valence-corrected chi connectivity index (χ4v) is 3.04. The average Bonchev–Trinajstić information content (AvgIpc) is 2.36. The molecule has 0 unspecified atom stereocenters. The van der Waals surface area contributed by atoms with Gasteiger partial charge in [-0.05, 0) is 36.4 Å². The van der Waals surface area contributed by atoms with Crippen LogP contribution in [0.25, 0.3) is 0 Å². The van der Waals surface area contributed by atoms with Gasteiger partial charge in [0.05, 0.1) is 15.6 Å². The number of carboxylic acid groups (broad SMARTS) is 1. The Morgan fingerprint density at radius 1 is 0.947 bits per heavy atom. The summed E-state index contributed by atoms with van der Waals surface area (Å²) in [5.41, 5.74) is 0.145. The van der Waals surface area contributed by atoms with Gasteiger partial charge >= 0.3 is 5.97 Å². The molecule has 98 valence electrons. The molecule has 0 aliphatic rings. The summed E-state index contributed by atoms with van der Waals surface area (Å²) < 4.78 is 0. The van der Waals surface area contributed by atoms with Crippen LogP contribution < -0.4 is 0 Å². The van der Waals surface area contributed by atoms with Gasteiger partial charge in [-0.25, -0.2) is 4.79 Å². The smallest absolute Gasteiger partial charge is 0.335 e. The van der Waals surface area contributed by atoms with Crippen LogP contribution in [-0.4, -0.2) is 11.1 Å². The van der Waals surface area contributed by atoms with Crippen LogP contribution in [0.15, 0.2) is 46.2 Å². The molecule has 0 fully saturated rings. The van der Waals surface area contributed by atoms with E-state index >= 15 is 0 Å². The summed E-state index contributed by atoms with van der Waals surface area (Å²) in [6.45, 7) is 0. The number of hydrogen-bond donors (Lipinski definition) is 1. The Morgan fingerprint density at radius 2 is 1.68 bits per heavy atom. The molecule has 19 heavy (non-hydrogen) atoms. The molecule has 2 rings (SSSR count). The summed E-state index contributed by atoms with van der Waals surface area (Å²) >= 11 is 19.4. The van der Waals surface area contributed by atoms with Gasteiger partial charge in [-0.15, -0.1) is 0 Å². The molecule has 0 radical (unpaired) electrons. The first kappa shape index (κ1) is 14.5. The van der Waals surface area contributed by atoms with E-state index in [-0.39, 0.29) is 5.56 Å². The van der Waals surface area contributed by atoms with E-state index in [0.29, 0.717) is 15.1 Å². The van der Waals surface area contributed by atoms with Crippen LogP contribution in [0.4, 0.5) is 0 Å². The van der Waals surface area contributed by atoms with Gasteiger partial charge in [-0.1, -0.05) is 46.6 Å². The Morgan fingerprint density at radius 3 is 2.32 bits per heavy atom. The maximum Gasteiger partial charge on any atom is 0.335 e. The summed E-state index contributed by atoms with van der Waals surface area (Å²) in [4.78, 5) is 12.3. The third-order valence-electron chi connectivity index (χ3n) is 2.29. The van der Waals surface area contributed by atoms with Gasteiger partial charge in [0.15, 0.2) is 0 Å². The molecule has 2 aromatic rings. The van der Waals surface area contributed by atoms with E-state index in [1.807, 2.05) is 0 Å². The monoisotopic (exact) mass is 332 g/mol. The fraction of sp³-hybridized carbons (Fsp3) is 0. The fourth-order valence-electron chi connectivity index (χ4n) is 1.39. The summed E-state index contributed by atoms with van der Waals surface area (Å²) in [5.74, 6) is -1.01. The largest absolute Gasteiger partial charge is 0.478 e. The van der Waals surface area contributed by atoms with Crippen LogP contribution in [0, 0.1) is 0 Å². The molecule has 0 amide bonds. The summed E-state index contributed by atoms with van der Waals surface area (Å²) in [6, 6.07) is 9.68. The Bertz CT molecular complexity index is 644. The Hall–Kier alpha value is -0.870. The van der Waals surface area contributed by atoms with Gasteiger partial charge in [-0.3, -0.25) is 0 Å². The second kappa shape index (κ2) is 6.06. The number of rotatable bonds is 3. The van der Waals surface area contributed by atoms with Gasteiger partial charge in [0.2, 0.25) is 0 Å². The molecule has 1 N–H and O–H groups in total. The van der Waals surface area contributed by atoms with E-state index in [9.17, 15) is 4.79 Å². The van der Waals surface area contributed by atoms with E-state index in [4.69, 9.17) is 39.9 Å². The zero-order valence-corrected chi connectivity index (χ0v) is 12.4. The topological polar surface area (TPSA) is 37.3 Å². The minimum atomic E-state index is -1.01. The lowest BCUT2D eigenvalue weighted by molar-refractivity contribution is 0.0697. The van der Waals surface area contributed by atoms with Crippen molar-refractivity contribution in [2.45, 2.75) is 9.79 Å². The molecule has 0 spiro atoms. The highest BCUT2D eigenvalue weighted by atomic mass is 35.5. The first-order valence-corrected chi connectivity index (χ1v) is 7.08. The highest BCUT2D eigenvalue weighted by Crippen LogP contribution is 2.38. The van der Waals surface area contributed by atoms with Gasteiger partial charge in [0.25, 0.3) is 0 Å². The molecule has 0 bridgehead atoms. The number of aromatic carboxylic acids is 1. The maximum atomic E-state index is 10.8. The third-order valence-corrected chi connectivity index (χ3v) is 4.53. The van der Waals surface area contributed by atoms with E-state index < -0.39 is 5.97 Å². The van der Waals surface area contributed by atoms with Crippen LogP contribution in [0.1, 0.15) is 10.4 Å². The Labute approximate surface area is 129 Å². The lowest BCUT2D eigenvalue weighted by atomic mass is 10.2. The highest BCUT2D eigenvalue weighted by molar-refractivity contribution is 7.99. The third kappa shape index (κ3) is 3.57. The van der Waals surface area contributed by atoms with Crippen molar-refractivity contribution in [2.75, 3.05) is 0 Å². The predicted molar refractivity (Wildman–Crippen MR) is 79.0 cm³/mol. The van der Waals surface area contributed by atoms with Gasteiger partial charge < -0.3 is 5.11 Å².